The SMILES string of the molecule is O=C1c2ccc(N3CCCc4cc(C(=O)N5CCCCC5)cnc43)cc2CC1CCC1COC1. The molecule has 2 saturated heterocycles. The van der Waals surface area contributed by atoms with Crippen LogP contribution < -0.4 is 4.90 Å². The maximum absolute atomic E-state index is 13.0. The number of aryl methyl sites for hydroxylation is 1. The number of carbonyl (C=O) groups excluding carboxylic acids is 2. The summed E-state index contributed by atoms with van der Waals surface area (Å²) in [7, 11) is 0. The third-order valence-electron chi connectivity index (χ3n) is 8.05. The molecule has 0 bridgehead atoms. The van der Waals surface area contributed by atoms with Crippen molar-refractivity contribution in [1.29, 1.82) is 0 Å². The van der Waals surface area contributed by atoms with Gasteiger partial charge in [-0.1, -0.05) is 0 Å². The van der Waals surface area contributed by atoms with Crippen molar-refractivity contribution in [3.05, 3.63) is 52.7 Å². The molecule has 1 amide bonds. The van der Waals surface area contributed by atoms with Crippen LogP contribution in [0.25, 0.3) is 0 Å². The summed E-state index contributed by atoms with van der Waals surface area (Å²) in [5, 5.41) is 0. The molecule has 4 heterocycles. The van der Waals surface area contributed by atoms with Crippen LogP contribution in [0.15, 0.2) is 30.5 Å². The zero-order valence-electron chi connectivity index (χ0n) is 19.8. The maximum Gasteiger partial charge on any atom is 0.255 e. The highest BCUT2D eigenvalue weighted by Crippen LogP contribution is 2.37. The Labute approximate surface area is 201 Å². The lowest BCUT2D eigenvalue weighted by atomic mass is 9.92. The lowest BCUT2D eigenvalue weighted by Crippen LogP contribution is -2.36. The Balaban J connectivity index is 1.20. The van der Waals surface area contributed by atoms with Crippen LogP contribution in [-0.4, -0.2) is 54.4 Å². The number of hydrogen-bond acceptors (Lipinski definition) is 5. The van der Waals surface area contributed by atoms with Crippen LogP contribution in [-0.2, 0) is 17.6 Å². The maximum atomic E-state index is 13.0. The van der Waals surface area contributed by atoms with Gasteiger partial charge in [-0.15, -0.1) is 0 Å². The number of nitrogens with zero attached hydrogens (tertiary/aromatic N) is 3. The molecule has 1 aromatic carbocycles. The summed E-state index contributed by atoms with van der Waals surface area (Å²) in [4.78, 5) is 34.9. The van der Waals surface area contributed by atoms with E-state index in [-0.39, 0.29) is 11.8 Å². The van der Waals surface area contributed by atoms with Gasteiger partial charge >= 0.3 is 0 Å². The van der Waals surface area contributed by atoms with Gasteiger partial charge in [0.1, 0.15) is 5.82 Å². The summed E-state index contributed by atoms with van der Waals surface area (Å²) < 4.78 is 5.28. The van der Waals surface area contributed by atoms with Gasteiger partial charge in [0.05, 0.1) is 18.8 Å². The van der Waals surface area contributed by atoms with Crippen LogP contribution in [0.3, 0.4) is 0 Å². The Morgan fingerprint density at radius 3 is 2.65 bits per heavy atom. The van der Waals surface area contributed by atoms with Crippen LogP contribution in [0, 0.1) is 11.8 Å². The second-order valence-corrected chi connectivity index (χ2v) is 10.4. The predicted molar refractivity (Wildman–Crippen MR) is 131 cm³/mol. The average Bonchev–Trinajstić information content (AvgIpc) is 3.17. The fourth-order valence-electron chi connectivity index (χ4n) is 5.97. The molecular formula is C28H33N3O3. The van der Waals surface area contributed by atoms with E-state index in [0.29, 0.717) is 17.3 Å². The smallest absolute Gasteiger partial charge is 0.255 e. The Hall–Kier alpha value is -2.73. The quantitative estimate of drug-likeness (QED) is 0.655. The van der Waals surface area contributed by atoms with E-state index in [1.54, 1.807) is 6.20 Å². The minimum atomic E-state index is 0.112. The highest BCUT2D eigenvalue weighted by atomic mass is 16.5. The molecule has 0 saturated carbocycles. The number of pyridine rings is 1. The van der Waals surface area contributed by atoms with E-state index in [1.165, 1.54) is 12.0 Å². The summed E-state index contributed by atoms with van der Waals surface area (Å²) in [6.07, 6.45) is 10.00. The Bertz CT molecular complexity index is 1100. The first-order chi connectivity index (χ1) is 16.7. The first-order valence-electron chi connectivity index (χ1n) is 13.0. The Morgan fingerprint density at radius 1 is 1.00 bits per heavy atom. The molecule has 2 fully saturated rings. The molecule has 1 aromatic heterocycles. The summed E-state index contributed by atoms with van der Waals surface area (Å²) >= 11 is 0. The van der Waals surface area contributed by atoms with E-state index in [4.69, 9.17) is 9.72 Å². The van der Waals surface area contributed by atoms with Gasteiger partial charge in [-0.3, -0.25) is 9.59 Å². The Morgan fingerprint density at radius 2 is 1.85 bits per heavy atom. The molecule has 0 N–H and O–H groups in total. The molecule has 6 heteroatoms. The van der Waals surface area contributed by atoms with E-state index in [1.807, 2.05) is 11.0 Å². The number of likely N-dealkylation sites (tertiary alicyclic amines) is 1. The molecule has 0 spiro atoms. The number of Topliss-reactive ketones (excluding diaryl/α,β-unsaturated/α-hetero) is 1. The van der Waals surface area contributed by atoms with Crippen LogP contribution >= 0.6 is 0 Å². The van der Waals surface area contributed by atoms with Gasteiger partial charge in [-0.05, 0) is 86.8 Å². The molecule has 1 unspecified atom stereocenters. The molecule has 34 heavy (non-hydrogen) atoms. The molecule has 6 nitrogen and oxygen atoms in total. The van der Waals surface area contributed by atoms with Gasteiger partial charge < -0.3 is 14.5 Å². The number of anilines is 2. The van der Waals surface area contributed by atoms with Crippen molar-refractivity contribution in [3.63, 3.8) is 0 Å². The normalized spacial score (nSPS) is 22.4. The average molecular weight is 460 g/mol. The van der Waals surface area contributed by atoms with E-state index >= 15 is 0 Å². The van der Waals surface area contributed by atoms with Crippen molar-refractivity contribution in [2.45, 2.75) is 51.4 Å². The first-order valence-corrected chi connectivity index (χ1v) is 13.0. The molecule has 1 aliphatic carbocycles. The van der Waals surface area contributed by atoms with Crippen LogP contribution in [0.1, 0.15) is 70.4 Å². The van der Waals surface area contributed by atoms with Crippen molar-refractivity contribution in [2.24, 2.45) is 11.8 Å². The summed E-state index contributed by atoms with van der Waals surface area (Å²) in [5.74, 6) is 2.12. The topological polar surface area (TPSA) is 62.7 Å². The fourth-order valence-corrected chi connectivity index (χ4v) is 5.97. The lowest BCUT2D eigenvalue weighted by Gasteiger charge is -2.31. The highest BCUT2D eigenvalue weighted by Gasteiger charge is 2.33. The van der Waals surface area contributed by atoms with Crippen molar-refractivity contribution >= 4 is 23.2 Å². The van der Waals surface area contributed by atoms with Gasteiger partial charge in [0.2, 0.25) is 0 Å². The molecule has 178 valence electrons. The second kappa shape index (κ2) is 9.14. The monoisotopic (exact) mass is 459 g/mol. The second-order valence-electron chi connectivity index (χ2n) is 10.4. The van der Waals surface area contributed by atoms with Gasteiger partial charge in [-0.2, -0.15) is 0 Å². The third kappa shape index (κ3) is 4.02. The van der Waals surface area contributed by atoms with Crippen molar-refractivity contribution in [3.8, 4) is 0 Å². The molecule has 0 radical (unpaired) electrons. The number of fused-ring (bicyclic) bond motifs is 2. The molecule has 3 aliphatic heterocycles. The van der Waals surface area contributed by atoms with Gasteiger partial charge in [0.15, 0.2) is 5.78 Å². The van der Waals surface area contributed by atoms with Crippen molar-refractivity contribution in [1.82, 2.24) is 9.88 Å². The molecule has 6 rings (SSSR count). The van der Waals surface area contributed by atoms with E-state index in [0.717, 1.165) is 100 Å². The zero-order valence-corrected chi connectivity index (χ0v) is 19.8. The number of piperidine rings is 1. The van der Waals surface area contributed by atoms with Crippen molar-refractivity contribution < 1.29 is 14.3 Å². The molecule has 2 aromatic rings. The van der Waals surface area contributed by atoms with E-state index in [2.05, 4.69) is 23.1 Å². The summed E-state index contributed by atoms with van der Waals surface area (Å²) in [6, 6.07) is 8.34. The number of ketones is 1. The number of benzene rings is 1. The third-order valence-corrected chi connectivity index (χ3v) is 8.05. The van der Waals surface area contributed by atoms with E-state index in [9.17, 15) is 9.59 Å². The number of amides is 1. The largest absolute Gasteiger partial charge is 0.381 e. The predicted octanol–water partition coefficient (Wildman–Crippen LogP) is 4.57. The molecule has 4 aliphatic rings. The Kier molecular flexibility index (Phi) is 5.85. The zero-order chi connectivity index (χ0) is 23.1. The summed E-state index contributed by atoms with van der Waals surface area (Å²) in [5.41, 5.74) is 5.02. The van der Waals surface area contributed by atoms with Crippen LogP contribution in [0.4, 0.5) is 11.5 Å². The standard InChI is InChI=1S/C28H33N3O3/c32-26-20(7-6-19-17-34-18-19)13-22-15-24(8-9-25(22)26)31-12-4-5-21-14-23(16-29-27(21)31)28(33)30-10-2-1-3-11-30/h8-9,14-16,19-20H,1-7,10-13,17-18H2. The first kappa shape index (κ1) is 21.8. The minimum absolute atomic E-state index is 0.112. The number of rotatable bonds is 5. The van der Waals surface area contributed by atoms with Gasteiger partial charge in [-0.25, -0.2) is 4.98 Å². The number of aromatic nitrogens is 1. The lowest BCUT2D eigenvalue weighted by molar-refractivity contribution is -0.0374. The number of carbonyl (C=O) groups is 2. The molecule has 1 atom stereocenters. The number of ether oxygens (including phenoxy) is 1. The number of hydrogen-bond donors (Lipinski definition) is 0. The van der Waals surface area contributed by atoms with Gasteiger partial charge in [0, 0.05) is 48.9 Å². The minimum Gasteiger partial charge on any atom is -0.381 e. The summed E-state index contributed by atoms with van der Waals surface area (Å²) in [6.45, 7) is 4.31. The fraction of sp³-hybridized carbons (Fsp3) is 0.536. The molecular weight excluding hydrogens is 426 g/mol. The van der Waals surface area contributed by atoms with Crippen molar-refractivity contribution in [2.75, 3.05) is 37.7 Å². The van der Waals surface area contributed by atoms with Crippen LogP contribution in [0.5, 0.6) is 0 Å². The van der Waals surface area contributed by atoms with E-state index < -0.39 is 0 Å². The highest BCUT2D eigenvalue weighted by molar-refractivity contribution is 6.02. The van der Waals surface area contributed by atoms with Gasteiger partial charge in [0.25, 0.3) is 5.91 Å². The van der Waals surface area contributed by atoms with Crippen LogP contribution in [0.2, 0.25) is 0 Å².